The van der Waals surface area contributed by atoms with Gasteiger partial charge in [-0.3, -0.25) is 18.6 Å². The molecular weight excluding hydrogens is 742 g/mol. The minimum Gasteiger partial charge on any atom is -0.462 e. The smallest absolute Gasteiger partial charge is 0.462 e. The molecule has 0 amide bonds. The normalized spacial score (nSPS) is 13.8. The Labute approximate surface area is 326 Å². The Morgan fingerprint density at radius 2 is 0.815 bits per heavy atom. The molecule has 0 aliphatic rings. The molecule has 14 nitrogen and oxygen atoms in total. The van der Waals surface area contributed by atoms with E-state index in [1.54, 1.807) is 0 Å². The second kappa shape index (κ2) is 38.9. The summed E-state index contributed by atoms with van der Waals surface area (Å²) in [7, 11) is -9.24. The number of phosphoric acid groups is 2. The van der Waals surface area contributed by atoms with E-state index in [4.69, 9.17) is 38.3 Å². The number of hydrogen-bond acceptors (Lipinski definition) is 10. The molecule has 0 bridgehead atoms. The van der Waals surface area contributed by atoms with Crippen LogP contribution in [0.2, 0.25) is 0 Å². The summed E-state index contributed by atoms with van der Waals surface area (Å²) >= 11 is 0. The minimum atomic E-state index is -4.64. The van der Waals surface area contributed by atoms with Crippen molar-refractivity contribution in [3.63, 3.8) is 0 Å². The van der Waals surface area contributed by atoms with Gasteiger partial charge in [-0.15, -0.1) is 0 Å². The molecule has 3 atom stereocenters. The predicted molar refractivity (Wildman–Crippen MR) is 211 cm³/mol. The molecule has 0 heterocycles. The third-order valence-corrected chi connectivity index (χ3v) is 9.71. The summed E-state index contributed by atoms with van der Waals surface area (Å²) in [6.45, 7) is 2.39. The van der Waals surface area contributed by atoms with Crippen LogP contribution in [-0.2, 0) is 37.2 Å². The first-order valence-electron chi connectivity index (χ1n) is 20.8. The molecule has 0 aliphatic carbocycles. The van der Waals surface area contributed by atoms with Crippen LogP contribution in [0.4, 0.5) is 0 Å². The van der Waals surface area contributed by atoms with Gasteiger partial charge in [0.1, 0.15) is 12.7 Å². The molecule has 6 N–H and O–H groups in total. The molecule has 0 aromatic carbocycles. The van der Waals surface area contributed by atoms with Gasteiger partial charge in [0.25, 0.3) is 0 Å². The van der Waals surface area contributed by atoms with Gasteiger partial charge in [0.15, 0.2) is 6.10 Å². The first-order valence-corrected chi connectivity index (χ1v) is 23.8. The number of ether oxygens (including phenoxy) is 2. The van der Waals surface area contributed by atoms with Crippen LogP contribution in [0.5, 0.6) is 0 Å². The highest BCUT2D eigenvalue weighted by Crippen LogP contribution is 2.43. The molecule has 0 fully saturated rings. The van der Waals surface area contributed by atoms with E-state index in [1.807, 2.05) is 0 Å². The average Bonchev–Trinajstić information content (AvgIpc) is 3.11. The van der Waals surface area contributed by atoms with Crippen molar-refractivity contribution < 1.29 is 67.0 Å². The number of unbranched alkanes of at least 4 members (excludes halogenated alkanes) is 24. The van der Waals surface area contributed by atoms with Crippen molar-refractivity contribution in [3.8, 4) is 0 Å². The Kier molecular flexibility index (Phi) is 39.8. The summed E-state index contributed by atoms with van der Waals surface area (Å²) in [5.41, 5.74) is 0. The molecule has 0 aromatic rings. The van der Waals surface area contributed by atoms with Gasteiger partial charge in [-0.1, -0.05) is 168 Å². The van der Waals surface area contributed by atoms with Crippen LogP contribution in [0.15, 0.2) is 0 Å². The highest BCUT2D eigenvalue weighted by Gasteiger charge is 2.27. The Bertz CT molecular complexity index is 941. The minimum absolute atomic E-state index is 0.192. The van der Waals surface area contributed by atoms with Crippen molar-refractivity contribution >= 4 is 27.6 Å². The van der Waals surface area contributed by atoms with Crippen LogP contribution in [-0.4, -0.2) is 80.4 Å². The molecule has 2 unspecified atom stereocenters. The van der Waals surface area contributed by atoms with Gasteiger partial charge >= 0.3 is 27.6 Å². The molecule has 0 aliphatic heterocycles. The number of carbonyl (C=O) groups is 2. The second-order valence-corrected chi connectivity index (χ2v) is 16.7. The van der Waals surface area contributed by atoms with E-state index < -0.39 is 59.6 Å². The zero-order valence-corrected chi connectivity index (χ0v) is 35.4. The van der Waals surface area contributed by atoms with Gasteiger partial charge in [0.2, 0.25) is 0 Å². The van der Waals surface area contributed by atoms with Crippen LogP contribution in [0.3, 0.4) is 0 Å². The van der Waals surface area contributed by atoms with Crippen LogP contribution in [0.25, 0.3) is 0 Å². The summed E-state index contributed by atoms with van der Waals surface area (Å²) in [5, 5.41) is 18.3. The van der Waals surface area contributed by atoms with Crippen LogP contribution in [0, 0.1) is 0 Å². The van der Waals surface area contributed by atoms with Gasteiger partial charge in [-0.2, -0.15) is 0 Å². The first-order chi connectivity index (χ1) is 25.7. The fourth-order valence-corrected chi connectivity index (χ4v) is 6.43. The van der Waals surface area contributed by atoms with Crippen molar-refractivity contribution in [3.05, 3.63) is 0 Å². The predicted octanol–water partition coefficient (Wildman–Crippen LogP) is 8.96. The number of aliphatic hydroxyl groups is 2. The monoisotopic (exact) mass is 820 g/mol. The number of rotatable bonds is 38. The number of esters is 2. The van der Waals surface area contributed by atoms with Crippen molar-refractivity contribution in [2.24, 2.45) is 0 Å². The number of phosphoric ester groups is 1. The summed E-state index contributed by atoms with van der Waals surface area (Å²) in [4.78, 5) is 56.4. The summed E-state index contributed by atoms with van der Waals surface area (Å²) in [6.07, 6.45) is 29.2. The van der Waals surface area contributed by atoms with Gasteiger partial charge in [-0.05, 0) is 12.8 Å². The van der Waals surface area contributed by atoms with Crippen molar-refractivity contribution in [1.82, 2.24) is 0 Å². The zero-order valence-electron chi connectivity index (χ0n) is 33.6. The number of carbonyl (C=O) groups excluding carboxylic acids is 2. The topological polar surface area (TPSA) is 227 Å². The maximum atomic E-state index is 12.5. The van der Waals surface area contributed by atoms with Gasteiger partial charge in [0.05, 0.1) is 19.8 Å². The lowest BCUT2D eigenvalue weighted by Gasteiger charge is -2.20. The molecule has 0 aromatic heterocycles. The molecule has 324 valence electrons. The number of aliphatic hydroxyl groups excluding tert-OH is 2. The number of hydrogen-bond donors (Lipinski definition) is 6. The van der Waals surface area contributed by atoms with E-state index in [-0.39, 0.29) is 19.4 Å². The van der Waals surface area contributed by atoms with Gasteiger partial charge in [0, 0.05) is 12.8 Å². The summed E-state index contributed by atoms with van der Waals surface area (Å²) in [5.74, 6) is -0.913. The van der Waals surface area contributed by atoms with E-state index in [1.165, 1.54) is 116 Å². The average molecular weight is 821 g/mol. The fourth-order valence-electron chi connectivity index (χ4n) is 5.64. The Balaban J connectivity index is 0. The zero-order chi connectivity index (χ0) is 40.8. The van der Waals surface area contributed by atoms with E-state index in [0.29, 0.717) is 12.8 Å². The SMILES string of the molecule is CCCCCCCCCCCCCCCC(=O)OCC(COP(=O)(O)OC[C@@H](O)CO)OC(=O)CCCCCCCCCCCCCCC.O=P(O)(O)O. The molecule has 0 spiro atoms. The van der Waals surface area contributed by atoms with E-state index in [2.05, 4.69) is 18.4 Å². The Morgan fingerprint density at radius 3 is 1.17 bits per heavy atom. The van der Waals surface area contributed by atoms with Crippen molar-refractivity contribution in [2.75, 3.05) is 26.4 Å². The molecule has 0 rings (SSSR count). The standard InChI is InChI=1S/C38H75O10P.H3O4P/c1-3-5-7-9-11-13-15-17-19-21-23-25-27-29-37(41)45-33-36(34-47-49(43,44)46-32-35(40)31-39)48-38(42)30-28-26-24-22-20-18-16-14-12-10-8-6-4-2;1-5(2,3)4/h35-36,39-40H,3-34H2,1-2H3,(H,43,44);(H3,1,2,3,4)/t35-,36?;/m0./s1. The van der Waals surface area contributed by atoms with Crippen molar-refractivity contribution in [1.29, 1.82) is 0 Å². The lowest BCUT2D eigenvalue weighted by molar-refractivity contribution is -0.161. The Morgan fingerprint density at radius 1 is 0.500 bits per heavy atom. The molecular formula is C38H78O14P2. The van der Waals surface area contributed by atoms with E-state index in [9.17, 15) is 24.2 Å². The Hall–Kier alpha value is -0.920. The quantitative estimate of drug-likeness (QED) is 0.0194. The highest BCUT2D eigenvalue weighted by molar-refractivity contribution is 7.47. The lowest BCUT2D eigenvalue weighted by Crippen LogP contribution is -2.29. The largest absolute Gasteiger partial charge is 0.472 e. The molecule has 0 radical (unpaired) electrons. The third kappa shape index (κ3) is 47.2. The first kappa shape index (κ1) is 55.2. The maximum Gasteiger partial charge on any atom is 0.472 e. The molecule has 16 heteroatoms. The molecule has 54 heavy (non-hydrogen) atoms. The fraction of sp³-hybridized carbons (Fsp3) is 0.947. The van der Waals surface area contributed by atoms with Crippen molar-refractivity contribution in [2.45, 2.75) is 206 Å². The van der Waals surface area contributed by atoms with E-state index in [0.717, 1.165) is 38.5 Å². The van der Waals surface area contributed by atoms with Gasteiger partial charge < -0.3 is 39.3 Å². The van der Waals surface area contributed by atoms with Crippen LogP contribution < -0.4 is 0 Å². The van der Waals surface area contributed by atoms with Gasteiger partial charge in [-0.25, -0.2) is 9.13 Å². The third-order valence-electron chi connectivity index (χ3n) is 8.76. The maximum absolute atomic E-state index is 12.5. The summed E-state index contributed by atoms with van der Waals surface area (Å²) in [6, 6.07) is 0. The van der Waals surface area contributed by atoms with E-state index >= 15 is 0 Å². The van der Waals surface area contributed by atoms with Crippen LogP contribution >= 0.6 is 15.6 Å². The molecule has 0 saturated carbocycles. The highest BCUT2D eigenvalue weighted by atomic mass is 31.2. The summed E-state index contributed by atoms with van der Waals surface area (Å²) < 4.78 is 41.5. The lowest BCUT2D eigenvalue weighted by atomic mass is 10.0. The second-order valence-electron chi connectivity index (χ2n) is 14.2. The van der Waals surface area contributed by atoms with Crippen LogP contribution in [0.1, 0.15) is 194 Å². The molecule has 0 saturated heterocycles.